The zero-order valence-corrected chi connectivity index (χ0v) is 12.5. The van der Waals surface area contributed by atoms with Crippen molar-refractivity contribution < 1.29 is 19.1 Å². The quantitative estimate of drug-likeness (QED) is 0.846. The lowest BCUT2D eigenvalue weighted by molar-refractivity contribution is -0.129. The Balaban J connectivity index is 2.22. The molecule has 2 aromatic carbocycles. The number of amides is 3. The molecule has 0 bridgehead atoms. The molecule has 0 aliphatic rings. The SMILES string of the molecule is CNC(=O)NC(=O)[C@H](OC(=O)c1ccccc1)c1ccccc1. The zero-order valence-electron chi connectivity index (χ0n) is 12.5. The first kappa shape index (κ1) is 16.2. The summed E-state index contributed by atoms with van der Waals surface area (Å²) >= 11 is 0. The highest BCUT2D eigenvalue weighted by molar-refractivity contribution is 5.99. The van der Waals surface area contributed by atoms with Crippen LogP contribution in [0.25, 0.3) is 0 Å². The summed E-state index contributed by atoms with van der Waals surface area (Å²) in [6, 6.07) is 16.1. The van der Waals surface area contributed by atoms with Gasteiger partial charge in [-0.05, 0) is 12.1 Å². The van der Waals surface area contributed by atoms with E-state index >= 15 is 0 Å². The van der Waals surface area contributed by atoms with Crippen molar-refractivity contribution in [2.24, 2.45) is 0 Å². The fourth-order valence-corrected chi connectivity index (χ4v) is 1.89. The predicted octanol–water partition coefficient (Wildman–Crippen LogP) is 2.04. The van der Waals surface area contributed by atoms with Crippen molar-refractivity contribution >= 4 is 17.9 Å². The molecule has 0 aliphatic carbocycles. The first-order valence-electron chi connectivity index (χ1n) is 6.95. The number of carbonyl (C=O) groups is 3. The maximum absolute atomic E-state index is 12.2. The number of ether oxygens (including phenoxy) is 1. The largest absolute Gasteiger partial charge is 0.444 e. The van der Waals surface area contributed by atoms with Crippen LogP contribution in [0, 0.1) is 0 Å². The highest BCUT2D eigenvalue weighted by Gasteiger charge is 2.26. The molecule has 0 saturated heterocycles. The molecule has 0 aromatic heterocycles. The van der Waals surface area contributed by atoms with Crippen LogP contribution in [0.1, 0.15) is 22.0 Å². The Morgan fingerprint density at radius 2 is 1.48 bits per heavy atom. The van der Waals surface area contributed by atoms with E-state index in [4.69, 9.17) is 4.74 Å². The fourth-order valence-electron chi connectivity index (χ4n) is 1.89. The lowest BCUT2D eigenvalue weighted by Crippen LogP contribution is -2.41. The van der Waals surface area contributed by atoms with Gasteiger partial charge in [0, 0.05) is 12.6 Å². The van der Waals surface area contributed by atoms with E-state index in [1.165, 1.54) is 7.05 Å². The van der Waals surface area contributed by atoms with Gasteiger partial charge < -0.3 is 10.1 Å². The van der Waals surface area contributed by atoms with Gasteiger partial charge in [-0.1, -0.05) is 48.5 Å². The Morgan fingerprint density at radius 1 is 0.913 bits per heavy atom. The van der Waals surface area contributed by atoms with Crippen LogP contribution < -0.4 is 10.6 Å². The molecule has 3 amide bonds. The molecule has 0 heterocycles. The van der Waals surface area contributed by atoms with Gasteiger partial charge in [0.15, 0.2) is 0 Å². The third-order valence-corrected chi connectivity index (χ3v) is 3.04. The van der Waals surface area contributed by atoms with Gasteiger partial charge in [-0.25, -0.2) is 9.59 Å². The fraction of sp³-hybridized carbons (Fsp3) is 0.118. The summed E-state index contributed by atoms with van der Waals surface area (Å²) in [7, 11) is 1.39. The summed E-state index contributed by atoms with van der Waals surface area (Å²) in [5, 5.41) is 4.39. The van der Waals surface area contributed by atoms with E-state index < -0.39 is 24.0 Å². The van der Waals surface area contributed by atoms with Crippen molar-refractivity contribution in [3.05, 3.63) is 71.8 Å². The molecule has 2 aromatic rings. The average Bonchev–Trinajstić information content (AvgIpc) is 2.60. The molecule has 0 fully saturated rings. The number of esters is 1. The number of hydrogen-bond acceptors (Lipinski definition) is 4. The van der Waals surface area contributed by atoms with Crippen LogP contribution in [-0.4, -0.2) is 25.0 Å². The second-order valence-corrected chi connectivity index (χ2v) is 4.63. The van der Waals surface area contributed by atoms with Crippen LogP contribution in [0.3, 0.4) is 0 Å². The first-order chi connectivity index (χ1) is 11.1. The van der Waals surface area contributed by atoms with Gasteiger partial charge in [-0.15, -0.1) is 0 Å². The number of hydrogen-bond donors (Lipinski definition) is 2. The standard InChI is InChI=1S/C17H16N2O4/c1-18-17(22)19-15(20)14(12-8-4-2-5-9-12)23-16(21)13-10-6-3-7-11-13/h2-11,14H,1H3,(H2,18,19,20,22)/t14-/m1/s1. The number of carbonyl (C=O) groups excluding carboxylic acids is 3. The number of nitrogens with one attached hydrogen (secondary N) is 2. The summed E-state index contributed by atoms with van der Waals surface area (Å²) in [5.74, 6) is -1.37. The van der Waals surface area contributed by atoms with Gasteiger partial charge in [0.05, 0.1) is 5.56 Å². The van der Waals surface area contributed by atoms with Gasteiger partial charge >= 0.3 is 12.0 Å². The van der Waals surface area contributed by atoms with Crippen molar-refractivity contribution in [3.8, 4) is 0 Å². The molecule has 2 rings (SSSR count). The number of rotatable bonds is 4. The second kappa shape index (κ2) is 7.74. The molecule has 6 heteroatoms. The van der Waals surface area contributed by atoms with Crippen LogP contribution in [0.15, 0.2) is 60.7 Å². The minimum atomic E-state index is -1.22. The van der Waals surface area contributed by atoms with Gasteiger partial charge in [-0.3, -0.25) is 10.1 Å². The van der Waals surface area contributed by atoms with E-state index in [-0.39, 0.29) is 0 Å². The summed E-state index contributed by atoms with van der Waals surface area (Å²) in [6.07, 6.45) is -1.22. The number of urea groups is 1. The van der Waals surface area contributed by atoms with Crippen molar-refractivity contribution in [1.29, 1.82) is 0 Å². The maximum Gasteiger partial charge on any atom is 0.339 e. The number of imide groups is 1. The Hall–Kier alpha value is -3.15. The Morgan fingerprint density at radius 3 is 2.04 bits per heavy atom. The molecule has 118 valence electrons. The van der Waals surface area contributed by atoms with E-state index in [2.05, 4.69) is 10.6 Å². The van der Waals surface area contributed by atoms with Crippen LogP contribution in [0.5, 0.6) is 0 Å². The minimum absolute atomic E-state index is 0.321. The first-order valence-corrected chi connectivity index (χ1v) is 6.95. The molecule has 1 atom stereocenters. The van der Waals surface area contributed by atoms with E-state index in [1.807, 2.05) is 0 Å². The maximum atomic E-state index is 12.2. The van der Waals surface area contributed by atoms with Crippen molar-refractivity contribution in [1.82, 2.24) is 10.6 Å². The zero-order chi connectivity index (χ0) is 16.7. The van der Waals surface area contributed by atoms with Gasteiger partial charge in [0.1, 0.15) is 0 Å². The Bertz CT molecular complexity index is 686. The van der Waals surface area contributed by atoms with E-state index in [0.717, 1.165) is 0 Å². The monoisotopic (exact) mass is 312 g/mol. The molecule has 0 aliphatic heterocycles. The molecule has 6 nitrogen and oxygen atoms in total. The molecular formula is C17H16N2O4. The molecule has 2 N–H and O–H groups in total. The highest BCUT2D eigenvalue weighted by atomic mass is 16.5. The van der Waals surface area contributed by atoms with E-state index in [9.17, 15) is 14.4 Å². The normalized spacial score (nSPS) is 11.2. The molecule has 0 saturated carbocycles. The molecular weight excluding hydrogens is 296 g/mol. The van der Waals surface area contributed by atoms with Crippen LogP contribution in [0.4, 0.5) is 4.79 Å². The number of benzene rings is 2. The third-order valence-electron chi connectivity index (χ3n) is 3.04. The van der Waals surface area contributed by atoms with Crippen molar-refractivity contribution in [2.45, 2.75) is 6.10 Å². The van der Waals surface area contributed by atoms with Gasteiger partial charge in [0.2, 0.25) is 6.10 Å². The highest BCUT2D eigenvalue weighted by Crippen LogP contribution is 2.19. The molecule has 0 radical (unpaired) electrons. The third kappa shape index (κ3) is 4.41. The van der Waals surface area contributed by atoms with Crippen LogP contribution in [0.2, 0.25) is 0 Å². The van der Waals surface area contributed by atoms with Gasteiger partial charge in [0.25, 0.3) is 5.91 Å². The van der Waals surface area contributed by atoms with Gasteiger partial charge in [-0.2, -0.15) is 0 Å². The second-order valence-electron chi connectivity index (χ2n) is 4.63. The minimum Gasteiger partial charge on any atom is -0.444 e. The molecule has 23 heavy (non-hydrogen) atoms. The Kier molecular flexibility index (Phi) is 5.46. The summed E-state index contributed by atoms with van der Waals surface area (Å²) in [5.41, 5.74) is 0.791. The van der Waals surface area contributed by atoms with Crippen molar-refractivity contribution in [2.75, 3.05) is 7.05 Å². The summed E-state index contributed by atoms with van der Waals surface area (Å²) in [6.45, 7) is 0. The topological polar surface area (TPSA) is 84.5 Å². The molecule has 0 spiro atoms. The van der Waals surface area contributed by atoms with Crippen LogP contribution in [-0.2, 0) is 9.53 Å². The lowest BCUT2D eigenvalue weighted by Gasteiger charge is -2.17. The summed E-state index contributed by atoms with van der Waals surface area (Å²) < 4.78 is 5.30. The van der Waals surface area contributed by atoms with Crippen molar-refractivity contribution in [3.63, 3.8) is 0 Å². The van der Waals surface area contributed by atoms with Crippen LogP contribution >= 0.6 is 0 Å². The lowest BCUT2D eigenvalue weighted by atomic mass is 10.1. The average molecular weight is 312 g/mol. The van der Waals surface area contributed by atoms with E-state index in [0.29, 0.717) is 11.1 Å². The smallest absolute Gasteiger partial charge is 0.339 e. The van der Waals surface area contributed by atoms with E-state index in [1.54, 1.807) is 60.7 Å². The Labute approximate surface area is 133 Å². The predicted molar refractivity (Wildman–Crippen MR) is 83.6 cm³/mol. The molecule has 0 unspecified atom stereocenters. The summed E-state index contributed by atoms with van der Waals surface area (Å²) in [4.78, 5) is 35.7.